The van der Waals surface area contributed by atoms with E-state index in [0.29, 0.717) is 13.2 Å². The summed E-state index contributed by atoms with van der Waals surface area (Å²) in [6.45, 7) is 5.98. The minimum absolute atomic E-state index is 0.250. The molecule has 1 aliphatic carbocycles. The summed E-state index contributed by atoms with van der Waals surface area (Å²) in [6.07, 6.45) is 6.96. The predicted molar refractivity (Wildman–Crippen MR) is 113 cm³/mol. The van der Waals surface area contributed by atoms with Crippen molar-refractivity contribution in [3.05, 3.63) is 59.4 Å². The number of hydrogen-bond acceptors (Lipinski definition) is 5. The number of benzene rings is 1. The lowest BCUT2D eigenvalue weighted by atomic mass is 9.63. The number of piperidine rings is 1. The molecule has 2 heterocycles. The maximum Gasteiger partial charge on any atom is 0.124 e. The van der Waals surface area contributed by atoms with Crippen LogP contribution in [0.3, 0.4) is 0 Å². The SMILES string of the molecule is CCOCc1cc(CN2CC3CCCC(C2)C3(O)c2cccnc2)ccc1OC. The molecular weight excluding hydrogens is 364 g/mol. The minimum Gasteiger partial charge on any atom is -0.496 e. The second-order valence-electron chi connectivity index (χ2n) is 8.37. The van der Waals surface area contributed by atoms with Crippen LogP contribution < -0.4 is 4.74 Å². The van der Waals surface area contributed by atoms with Gasteiger partial charge >= 0.3 is 0 Å². The van der Waals surface area contributed by atoms with Crippen LogP contribution in [0.5, 0.6) is 5.75 Å². The van der Waals surface area contributed by atoms with E-state index < -0.39 is 5.60 Å². The van der Waals surface area contributed by atoms with Gasteiger partial charge in [-0.15, -0.1) is 0 Å². The number of nitrogens with zero attached hydrogens (tertiary/aromatic N) is 2. The smallest absolute Gasteiger partial charge is 0.124 e. The first-order chi connectivity index (χ1) is 14.1. The molecule has 1 aliphatic heterocycles. The number of methoxy groups -OCH3 is 1. The summed E-state index contributed by atoms with van der Waals surface area (Å²) in [5.74, 6) is 1.38. The number of pyridine rings is 1. The summed E-state index contributed by atoms with van der Waals surface area (Å²) in [6, 6.07) is 10.4. The molecule has 2 unspecified atom stereocenters. The van der Waals surface area contributed by atoms with Crippen molar-refractivity contribution in [2.24, 2.45) is 11.8 Å². The first kappa shape index (κ1) is 20.3. The van der Waals surface area contributed by atoms with Gasteiger partial charge in [-0.2, -0.15) is 0 Å². The fraction of sp³-hybridized carbons (Fsp3) is 0.542. The van der Waals surface area contributed by atoms with Gasteiger partial charge < -0.3 is 14.6 Å². The van der Waals surface area contributed by atoms with Crippen LogP contribution in [0.2, 0.25) is 0 Å². The highest BCUT2D eigenvalue weighted by Gasteiger charge is 2.51. The lowest BCUT2D eigenvalue weighted by molar-refractivity contribution is -0.148. The van der Waals surface area contributed by atoms with Gasteiger partial charge in [-0.1, -0.05) is 18.6 Å². The van der Waals surface area contributed by atoms with E-state index >= 15 is 0 Å². The molecule has 0 amide bonds. The van der Waals surface area contributed by atoms with Crippen molar-refractivity contribution in [3.8, 4) is 5.75 Å². The highest BCUT2D eigenvalue weighted by atomic mass is 16.5. The molecule has 2 aliphatic rings. The first-order valence-corrected chi connectivity index (χ1v) is 10.7. The Morgan fingerprint density at radius 2 is 2.00 bits per heavy atom. The fourth-order valence-corrected chi connectivity index (χ4v) is 5.26. The van der Waals surface area contributed by atoms with Crippen LogP contribution in [0, 0.1) is 11.8 Å². The van der Waals surface area contributed by atoms with Crippen molar-refractivity contribution >= 4 is 0 Å². The molecule has 1 aromatic carbocycles. The average molecular weight is 397 g/mol. The van der Waals surface area contributed by atoms with Crippen molar-refractivity contribution < 1.29 is 14.6 Å². The Morgan fingerprint density at radius 3 is 2.66 bits per heavy atom. The third-order valence-corrected chi connectivity index (χ3v) is 6.64. The second kappa shape index (κ2) is 8.82. The van der Waals surface area contributed by atoms with E-state index in [2.05, 4.69) is 22.0 Å². The zero-order valence-corrected chi connectivity index (χ0v) is 17.5. The number of likely N-dealkylation sites (tertiary alicyclic amines) is 1. The van der Waals surface area contributed by atoms with Crippen molar-refractivity contribution in [2.75, 3.05) is 26.8 Å². The molecule has 1 saturated carbocycles. The third-order valence-electron chi connectivity index (χ3n) is 6.64. The van der Waals surface area contributed by atoms with E-state index in [-0.39, 0.29) is 11.8 Å². The highest BCUT2D eigenvalue weighted by Crippen LogP contribution is 2.49. The molecular formula is C24H32N2O3. The number of ether oxygens (including phenoxy) is 2. The van der Waals surface area contributed by atoms with Gasteiger partial charge in [-0.25, -0.2) is 0 Å². The zero-order valence-electron chi connectivity index (χ0n) is 17.5. The Kier molecular flexibility index (Phi) is 6.18. The normalized spacial score (nSPS) is 27.0. The van der Waals surface area contributed by atoms with Gasteiger partial charge in [0.2, 0.25) is 0 Å². The fourth-order valence-electron chi connectivity index (χ4n) is 5.26. The molecule has 2 bridgehead atoms. The summed E-state index contributed by atoms with van der Waals surface area (Å²) in [5.41, 5.74) is 2.60. The van der Waals surface area contributed by atoms with E-state index in [0.717, 1.165) is 49.4 Å². The van der Waals surface area contributed by atoms with Gasteiger partial charge in [0.25, 0.3) is 0 Å². The largest absolute Gasteiger partial charge is 0.496 e. The Labute approximate surface area is 173 Å². The number of fused-ring (bicyclic) bond motifs is 2. The van der Waals surface area contributed by atoms with E-state index in [4.69, 9.17) is 9.47 Å². The monoisotopic (exact) mass is 396 g/mol. The van der Waals surface area contributed by atoms with Crippen LogP contribution in [-0.4, -0.2) is 41.8 Å². The van der Waals surface area contributed by atoms with E-state index in [1.165, 1.54) is 12.0 Å². The van der Waals surface area contributed by atoms with Gasteiger partial charge in [0, 0.05) is 61.6 Å². The Balaban J connectivity index is 1.51. The quantitative estimate of drug-likeness (QED) is 0.773. The highest BCUT2D eigenvalue weighted by molar-refractivity contribution is 5.37. The molecule has 1 N–H and O–H groups in total. The zero-order chi connectivity index (χ0) is 20.3. The summed E-state index contributed by atoms with van der Waals surface area (Å²) >= 11 is 0. The van der Waals surface area contributed by atoms with Crippen LogP contribution in [0.25, 0.3) is 0 Å². The van der Waals surface area contributed by atoms with Crippen molar-refractivity contribution in [2.45, 2.75) is 44.9 Å². The van der Waals surface area contributed by atoms with Crippen molar-refractivity contribution in [1.29, 1.82) is 0 Å². The maximum atomic E-state index is 11.7. The van der Waals surface area contributed by atoms with Gasteiger partial charge in [-0.05, 0) is 43.5 Å². The van der Waals surface area contributed by atoms with Gasteiger partial charge in [0.1, 0.15) is 5.75 Å². The summed E-state index contributed by atoms with van der Waals surface area (Å²) < 4.78 is 11.1. The van der Waals surface area contributed by atoms with Crippen LogP contribution >= 0.6 is 0 Å². The van der Waals surface area contributed by atoms with E-state index in [9.17, 15) is 5.11 Å². The summed E-state index contributed by atoms with van der Waals surface area (Å²) in [4.78, 5) is 6.78. The number of hydrogen-bond donors (Lipinski definition) is 1. The van der Waals surface area contributed by atoms with Crippen LogP contribution in [0.15, 0.2) is 42.7 Å². The lowest BCUT2D eigenvalue weighted by Crippen LogP contribution is -2.57. The molecule has 2 aromatic rings. The number of aromatic nitrogens is 1. The minimum atomic E-state index is -0.747. The Hall–Kier alpha value is -1.95. The molecule has 1 saturated heterocycles. The van der Waals surface area contributed by atoms with E-state index in [1.807, 2.05) is 31.3 Å². The standard InChI is InChI=1S/C24H32N2O3/c1-3-29-17-19-12-18(9-10-23(19)28-2)14-26-15-21-6-4-7-22(16-26)24(21,27)20-8-5-11-25-13-20/h5,8-13,21-22,27H,3-4,6-7,14-17H2,1-2H3. The second-order valence-corrected chi connectivity index (χ2v) is 8.37. The maximum absolute atomic E-state index is 11.7. The topological polar surface area (TPSA) is 54.8 Å². The summed E-state index contributed by atoms with van der Waals surface area (Å²) in [7, 11) is 1.70. The molecule has 29 heavy (non-hydrogen) atoms. The number of aliphatic hydroxyl groups is 1. The lowest BCUT2D eigenvalue weighted by Gasteiger charge is -2.53. The number of rotatable bonds is 7. The molecule has 2 atom stereocenters. The molecule has 4 rings (SSSR count). The van der Waals surface area contributed by atoms with Gasteiger partial charge in [-0.3, -0.25) is 9.88 Å². The average Bonchev–Trinajstić information content (AvgIpc) is 2.74. The van der Waals surface area contributed by atoms with Crippen LogP contribution in [-0.2, 0) is 23.5 Å². The first-order valence-electron chi connectivity index (χ1n) is 10.7. The molecule has 156 valence electrons. The van der Waals surface area contributed by atoms with Gasteiger partial charge in [0.15, 0.2) is 0 Å². The molecule has 2 fully saturated rings. The molecule has 1 aromatic heterocycles. The predicted octanol–water partition coefficient (Wildman–Crippen LogP) is 3.75. The molecule has 0 spiro atoms. The van der Waals surface area contributed by atoms with Gasteiger partial charge in [0.05, 0.1) is 19.3 Å². The molecule has 0 radical (unpaired) electrons. The summed E-state index contributed by atoms with van der Waals surface area (Å²) in [5, 5.41) is 11.7. The van der Waals surface area contributed by atoms with Crippen molar-refractivity contribution in [1.82, 2.24) is 9.88 Å². The van der Waals surface area contributed by atoms with Crippen molar-refractivity contribution in [3.63, 3.8) is 0 Å². The van der Waals surface area contributed by atoms with Crippen LogP contribution in [0.4, 0.5) is 0 Å². The Bertz CT molecular complexity index is 797. The Morgan fingerprint density at radius 1 is 1.21 bits per heavy atom. The third kappa shape index (κ3) is 4.04. The van der Waals surface area contributed by atoms with Crippen LogP contribution in [0.1, 0.15) is 42.9 Å². The van der Waals surface area contributed by atoms with E-state index in [1.54, 1.807) is 13.3 Å². The molecule has 5 nitrogen and oxygen atoms in total. The molecule has 5 heteroatoms.